The first kappa shape index (κ1) is 15.4. The summed E-state index contributed by atoms with van der Waals surface area (Å²) in [6, 6.07) is 0. The van der Waals surface area contributed by atoms with E-state index in [2.05, 4.69) is 18.7 Å². The first-order chi connectivity index (χ1) is 8.40. The molecule has 0 radical (unpaired) electrons. The molecule has 0 aromatic heterocycles. The molecule has 2 unspecified atom stereocenters. The van der Waals surface area contributed by atoms with Crippen molar-refractivity contribution in [3.8, 4) is 0 Å². The van der Waals surface area contributed by atoms with E-state index in [0.717, 1.165) is 26.1 Å². The van der Waals surface area contributed by atoms with Gasteiger partial charge in [0.2, 0.25) is 5.91 Å². The van der Waals surface area contributed by atoms with Crippen molar-refractivity contribution in [3.05, 3.63) is 0 Å². The normalized spacial score (nSPS) is 22.4. The van der Waals surface area contributed by atoms with Crippen molar-refractivity contribution in [3.63, 3.8) is 0 Å². The number of nitrogens with zero attached hydrogens (tertiary/aromatic N) is 2. The van der Waals surface area contributed by atoms with E-state index in [1.165, 1.54) is 0 Å². The molecule has 0 aliphatic carbocycles. The highest BCUT2D eigenvalue weighted by molar-refractivity contribution is 5.79. The van der Waals surface area contributed by atoms with Gasteiger partial charge in [-0.15, -0.1) is 0 Å². The van der Waals surface area contributed by atoms with Crippen molar-refractivity contribution in [1.82, 2.24) is 9.80 Å². The topological polar surface area (TPSA) is 43.8 Å². The van der Waals surface area contributed by atoms with Crippen LogP contribution < -0.4 is 0 Å². The number of hydrogen-bond donors (Lipinski definition) is 1. The smallest absolute Gasteiger partial charge is 0.226 e. The van der Waals surface area contributed by atoms with Gasteiger partial charge < -0.3 is 14.9 Å². The van der Waals surface area contributed by atoms with E-state index in [4.69, 9.17) is 0 Å². The molecule has 4 heteroatoms. The summed E-state index contributed by atoms with van der Waals surface area (Å²) < 4.78 is 0. The van der Waals surface area contributed by atoms with E-state index < -0.39 is 0 Å². The molecule has 1 saturated heterocycles. The number of rotatable bonds is 6. The lowest BCUT2D eigenvalue weighted by atomic mass is 10.1. The number of aliphatic hydroxyl groups is 1. The number of aliphatic hydroxyl groups excluding tert-OH is 1. The summed E-state index contributed by atoms with van der Waals surface area (Å²) in [5.74, 6) is 1.05. The molecule has 1 amide bonds. The van der Waals surface area contributed by atoms with Crippen LogP contribution in [0.5, 0.6) is 0 Å². The van der Waals surface area contributed by atoms with Crippen LogP contribution in [0.15, 0.2) is 0 Å². The molecule has 18 heavy (non-hydrogen) atoms. The second kappa shape index (κ2) is 7.10. The maximum Gasteiger partial charge on any atom is 0.226 e. The van der Waals surface area contributed by atoms with Crippen LogP contribution >= 0.6 is 0 Å². The van der Waals surface area contributed by atoms with Crippen molar-refractivity contribution in [2.75, 3.05) is 33.2 Å². The molecule has 4 nitrogen and oxygen atoms in total. The molecule has 0 spiro atoms. The first-order valence-corrected chi connectivity index (χ1v) is 7.05. The average Bonchev–Trinajstić information content (AvgIpc) is 2.72. The SMILES string of the molecule is CC(C)CN1CCC(C(=O)N(C)CCC(C)O)C1. The van der Waals surface area contributed by atoms with Crippen LogP contribution in [0.4, 0.5) is 0 Å². The number of amides is 1. The van der Waals surface area contributed by atoms with Crippen molar-refractivity contribution in [1.29, 1.82) is 0 Å². The van der Waals surface area contributed by atoms with E-state index in [0.29, 0.717) is 18.9 Å². The van der Waals surface area contributed by atoms with Gasteiger partial charge in [-0.2, -0.15) is 0 Å². The Morgan fingerprint density at radius 2 is 2.11 bits per heavy atom. The van der Waals surface area contributed by atoms with Crippen LogP contribution in [0.3, 0.4) is 0 Å². The van der Waals surface area contributed by atoms with Gasteiger partial charge >= 0.3 is 0 Å². The molecule has 1 N–H and O–H groups in total. The third kappa shape index (κ3) is 4.94. The standard InChI is InChI=1S/C14H28N2O2/c1-11(2)9-16-8-6-13(10-16)14(18)15(4)7-5-12(3)17/h11-13,17H,5-10H2,1-4H3. The minimum Gasteiger partial charge on any atom is -0.393 e. The number of carbonyl (C=O) groups excluding carboxylic acids is 1. The Morgan fingerprint density at radius 1 is 1.44 bits per heavy atom. The van der Waals surface area contributed by atoms with Crippen molar-refractivity contribution in [2.24, 2.45) is 11.8 Å². The van der Waals surface area contributed by atoms with E-state index in [1.807, 2.05) is 7.05 Å². The summed E-state index contributed by atoms with van der Waals surface area (Å²) >= 11 is 0. The minimum absolute atomic E-state index is 0.155. The summed E-state index contributed by atoms with van der Waals surface area (Å²) in [6.07, 6.45) is 1.30. The molecule has 106 valence electrons. The molecule has 1 fully saturated rings. The summed E-state index contributed by atoms with van der Waals surface area (Å²) in [6.45, 7) is 9.86. The van der Waals surface area contributed by atoms with Crippen LogP contribution in [0, 0.1) is 11.8 Å². The van der Waals surface area contributed by atoms with Crippen LogP contribution in [-0.2, 0) is 4.79 Å². The molecule has 0 bridgehead atoms. The fraction of sp³-hybridized carbons (Fsp3) is 0.929. The van der Waals surface area contributed by atoms with Gasteiger partial charge in [0.1, 0.15) is 0 Å². The molecule has 1 heterocycles. The Bertz CT molecular complexity index is 267. The summed E-state index contributed by atoms with van der Waals surface area (Å²) in [5.41, 5.74) is 0. The highest BCUT2D eigenvalue weighted by Gasteiger charge is 2.30. The molecule has 0 saturated carbocycles. The van der Waals surface area contributed by atoms with E-state index >= 15 is 0 Å². The van der Waals surface area contributed by atoms with Crippen LogP contribution in [0.1, 0.15) is 33.6 Å². The predicted molar refractivity (Wildman–Crippen MR) is 73.3 cm³/mol. The highest BCUT2D eigenvalue weighted by Crippen LogP contribution is 2.19. The lowest BCUT2D eigenvalue weighted by molar-refractivity contribution is -0.134. The maximum absolute atomic E-state index is 12.2. The van der Waals surface area contributed by atoms with Crippen LogP contribution in [-0.4, -0.2) is 60.1 Å². The fourth-order valence-electron chi connectivity index (χ4n) is 2.52. The van der Waals surface area contributed by atoms with Crippen molar-refractivity contribution >= 4 is 5.91 Å². The zero-order valence-electron chi connectivity index (χ0n) is 12.2. The van der Waals surface area contributed by atoms with Crippen molar-refractivity contribution in [2.45, 2.75) is 39.7 Å². The van der Waals surface area contributed by atoms with Crippen LogP contribution in [0.25, 0.3) is 0 Å². The van der Waals surface area contributed by atoms with Gasteiger partial charge in [-0.1, -0.05) is 13.8 Å². The molecular formula is C14H28N2O2. The Balaban J connectivity index is 2.34. The van der Waals surface area contributed by atoms with E-state index in [1.54, 1.807) is 11.8 Å². The Morgan fingerprint density at radius 3 is 2.67 bits per heavy atom. The molecule has 1 rings (SSSR count). The monoisotopic (exact) mass is 256 g/mol. The lowest BCUT2D eigenvalue weighted by Gasteiger charge is -2.22. The van der Waals surface area contributed by atoms with E-state index in [9.17, 15) is 9.90 Å². The van der Waals surface area contributed by atoms with Gasteiger partial charge in [0.25, 0.3) is 0 Å². The Labute approximate surface area is 111 Å². The van der Waals surface area contributed by atoms with E-state index in [-0.39, 0.29) is 17.9 Å². The third-order valence-electron chi connectivity index (χ3n) is 3.50. The number of likely N-dealkylation sites (tertiary alicyclic amines) is 1. The minimum atomic E-state index is -0.332. The number of hydrogen-bond acceptors (Lipinski definition) is 3. The molecule has 1 aliphatic rings. The molecule has 0 aromatic rings. The summed E-state index contributed by atoms with van der Waals surface area (Å²) in [7, 11) is 1.84. The zero-order chi connectivity index (χ0) is 13.7. The summed E-state index contributed by atoms with van der Waals surface area (Å²) in [4.78, 5) is 16.4. The average molecular weight is 256 g/mol. The third-order valence-corrected chi connectivity index (χ3v) is 3.50. The first-order valence-electron chi connectivity index (χ1n) is 7.05. The molecule has 0 aromatic carbocycles. The van der Waals surface area contributed by atoms with Gasteiger partial charge in [-0.25, -0.2) is 0 Å². The molecule has 2 atom stereocenters. The molecule has 1 aliphatic heterocycles. The van der Waals surface area contributed by atoms with Gasteiger partial charge in [-0.05, 0) is 32.2 Å². The summed E-state index contributed by atoms with van der Waals surface area (Å²) in [5, 5.41) is 9.24. The van der Waals surface area contributed by atoms with Gasteiger partial charge in [0.15, 0.2) is 0 Å². The van der Waals surface area contributed by atoms with Gasteiger partial charge in [-0.3, -0.25) is 4.79 Å². The van der Waals surface area contributed by atoms with Gasteiger partial charge in [0.05, 0.1) is 12.0 Å². The zero-order valence-corrected chi connectivity index (χ0v) is 12.2. The number of carbonyl (C=O) groups is 1. The second-order valence-corrected chi connectivity index (χ2v) is 6.04. The largest absolute Gasteiger partial charge is 0.393 e. The quantitative estimate of drug-likeness (QED) is 0.776. The predicted octanol–water partition coefficient (Wildman–Crippen LogP) is 1.19. The lowest BCUT2D eigenvalue weighted by Crippen LogP contribution is -2.36. The van der Waals surface area contributed by atoms with Gasteiger partial charge in [0, 0.05) is 26.7 Å². The van der Waals surface area contributed by atoms with Crippen molar-refractivity contribution < 1.29 is 9.90 Å². The maximum atomic E-state index is 12.2. The Hall–Kier alpha value is -0.610. The Kier molecular flexibility index (Phi) is 6.09. The van der Waals surface area contributed by atoms with Crippen LogP contribution in [0.2, 0.25) is 0 Å². The fourth-order valence-corrected chi connectivity index (χ4v) is 2.52. The highest BCUT2D eigenvalue weighted by atomic mass is 16.3. The second-order valence-electron chi connectivity index (χ2n) is 6.04. The molecular weight excluding hydrogens is 228 g/mol.